The van der Waals surface area contributed by atoms with Gasteiger partial charge in [0.1, 0.15) is 0 Å². The predicted octanol–water partition coefficient (Wildman–Crippen LogP) is 3.23. The highest BCUT2D eigenvalue weighted by molar-refractivity contribution is 5.82. The van der Waals surface area contributed by atoms with Crippen molar-refractivity contribution >= 4 is 16.6 Å². The fourth-order valence-corrected chi connectivity index (χ4v) is 2.48. The zero-order valence-corrected chi connectivity index (χ0v) is 11.6. The molecule has 0 aliphatic rings. The molecule has 0 saturated carbocycles. The number of non-ortho nitro benzene ring substituents is 1. The van der Waals surface area contributed by atoms with Gasteiger partial charge in [0.2, 0.25) is 0 Å². The lowest BCUT2D eigenvalue weighted by atomic mass is 10.2. The molecular formula is C15H16N4O2. The number of aromatic nitrogens is 3. The Bertz CT molecular complexity index is 746. The minimum absolute atomic E-state index is 0.140. The topological polar surface area (TPSA) is 65.9 Å². The third-order valence-electron chi connectivity index (χ3n) is 3.59. The van der Waals surface area contributed by atoms with E-state index in [0.29, 0.717) is 0 Å². The number of nitro groups is 1. The summed E-state index contributed by atoms with van der Waals surface area (Å²) < 4.78 is 4.13. The van der Waals surface area contributed by atoms with E-state index in [1.807, 2.05) is 24.8 Å². The number of nitrogens with zero attached hydrogens (tertiary/aromatic N) is 4. The molecule has 3 aromatic rings. The molecule has 0 unspecified atom stereocenters. The van der Waals surface area contributed by atoms with E-state index in [9.17, 15) is 10.1 Å². The van der Waals surface area contributed by atoms with E-state index in [2.05, 4.69) is 14.1 Å². The lowest BCUT2D eigenvalue weighted by Crippen LogP contribution is -2.00. The minimum Gasteiger partial charge on any atom is -0.347 e. The normalized spacial score (nSPS) is 11.0. The summed E-state index contributed by atoms with van der Waals surface area (Å²) in [7, 11) is 0. The molecule has 1 aromatic carbocycles. The summed E-state index contributed by atoms with van der Waals surface area (Å²) in [4.78, 5) is 14.5. The summed E-state index contributed by atoms with van der Waals surface area (Å²) in [5.41, 5.74) is 1.06. The Hall–Kier alpha value is -2.63. The lowest BCUT2D eigenvalue weighted by molar-refractivity contribution is -0.384. The zero-order valence-electron chi connectivity index (χ0n) is 11.6. The smallest absolute Gasteiger partial charge is 0.271 e. The van der Waals surface area contributed by atoms with Gasteiger partial charge in [-0.15, -0.1) is 0 Å². The first kappa shape index (κ1) is 13.4. The van der Waals surface area contributed by atoms with Crippen LogP contribution in [-0.4, -0.2) is 19.0 Å². The second kappa shape index (κ2) is 5.78. The van der Waals surface area contributed by atoms with Crippen LogP contribution < -0.4 is 0 Å². The van der Waals surface area contributed by atoms with Crippen molar-refractivity contribution in [1.82, 2.24) is 14.1 Å². The predicted molar refractivity (Wildman–Crippen MR) is 80.1 cm³/mol. The van der Waals surface area contributed by atoms with Crippen molar-refractivity contribution in [3.05, 3.63) is 59.3 Å². The third-order valence-corrected chi connectivity index (χ3v) is 3.59. The number of unbranched alkanes of at least 4 members (excludes halogenated alkanes) is 1. The summed E-state index contributed by atoms with van der Waals surface area (Å²) in [6, 6.07) is 6.99. The van der Waals surface area contributed by atoms with Crippen molar-refractivity contribution in [2.24, 2.45) is 0 Å². The Labute approximate surface area is 121 Å². The number of rotatable bonds is 6. The van der Waals surface area contributed by atoms with E-state index >= 15 is 0 Å². The molecule has 0 bridgehead atoms. The first-order valence-electron chi connectivity index (χ1n) is 6.93. The molecule has 6 nitrogen and oxygen atoms in total. The molecule has 0 atom stereocenters. The lowest BCUT2D eigenvalue weighted by Gasteiger charge is -2.06. The maximum Gasteiger partial charge on any atom is 0.271 e. The average Bonchev–Trinajstić information content (AvgIpc) is 3.12. The van der Waals surface area contributed by atoms with Crippen LogP contribution in [0.25, 0.3) is 10.9 Å². The second-order valence-corrected chi connectivity index (χ2v) is 5.02. The van der Waals surface area contributed by atoms with E-state index in [1.165, 1.54) is 0 Å². The van der Waals surface area contributed by atoms with Crippen LogP contribution in [0.1, 0.15) is 12.8 Å². The SMILES string of the molecule is O=[N+]([O-])c1ccc2ccn(CCCCn3ccnc3)c2c1. The van der Waals surface area contributed by atoms with Crippen molar-refractivity contribution in [3.8, 4) is 0 Å². The maximum absolute atomic E-state index is 10.9. The van der Waals surface area contributed by atoms with Gasteiger partial charge in [0.05, 0.1) is 16.8 Å². The Balaban J connectivity index is 1.66. The van der Waals surface area contributed by atoms with E-state index in [4.69, 9.17) is 0 Å². The molecule has 0 aliphatic heterocycles. The highest BCUT2D eigenvalue weighted by Gasteiger charge is 2.08. The van der Waals surface area contributed by atoms with Crippen LogP contribution >= 0.6 is 0 Å². The summed E-state index contributed by atoms with van der Waals surface area (Å²) in [6.07, 6.45) is 9.60. The Morgan fingerprint density at radius 1 is 1.14 bits per heavy atom. The maximum atomic E-state index is 10.9. The second-order valence-electron chi connectivity index (χ2n) is 5.02. The minimum atomic E-state index is -0.351. The van der Waals surface area contributed by atoms with Crippen molar-refractivity contribution in [3.63, 3.8) is 0 Å². The number of benzene rings is 1. The summed E-state index contributed by atoms with van der Waals surface area (Å²) in [5.74, 6) is 0. The number of hydrogen-bond acceptors (Lipinski definition) is 3. The number of aryl methyl sites for hydroxylation is 2. The standard InChI is InChI=1S/C15H16N4O2/c20-19(21)14-4-3-13-5-9-18(15(13)11-14)8-2-1-7-17-10-6-16-12-17/h3-6,9-12H,1-2,7-8H2. The number of hydrogen-bond donors (Lipinski definition) is 0. The Kier molecular flexibility index (Phi) is 3.68. The summed E-state index contributed by atoms with van der Waals surface area (Å²) >= 11 is 0. The van der Waals surface area contributed by atoms with Gasteiger partial charge in [-0.3, -0.25) is 10.1 Å². The van der Waals surface area contributed by atoms with Gasteiger partial charge < -0.3 is 9.13 Å². The molecule has 2 heterocycles. The van der Waals surface area contributed by atoms with E-state index < -0.39 is 0 Å². The van der Waals surface area contributed by atoms with Crippen LogP contribution in [-0.2, 0) is 13.1 Å². The van der Waals surface area contributed by atoms with Gasteiger partial charge in [0, 0.05) is 49.2 Å². The number of fused-ring (bicyclic) bond motifs is 1. The molecule has 21 heavy (non-hydrogen) atoms. The van der Waals surface area contributed by atoms with Crippen LogP contribution in [0, 0.1) is 10.1 Å². The Morgan fingerprint density at radius 2 is 2.00 bits per heavy atom. The Morgan fingerprint density at radius 3 is 2.76 bits per heavy atom. The number of nitro benzene ring substituents is 1. The van der Waals surface area contributed by atoms with Crippen molar-refractivity contribution in [2.75, 3.05) is 0 Å². The van der Waals surface area contributed by atoms with Crippen LogP contribution in [0.4, 0.5) is 5.69 Å². The average molecular weight is 284 g/mol. The fourth-order valence-electron chi connectivity index (χ4n) is 2.48. The first-order valence-corrected chi connectivity index (χ1v) is 6.93. The molecule has 0 radical (unpaired) electrons. The molecule has 0 aliphatic carbocycles. The fraction of sp³-hybridized carbons (Fsp3) is 0.267. The summed E-state index contributed by atoms with van der Waals surface area (Å²) in [5, 5.41) is 11.9. The highest BCUT2D eigenvalue weighted by atomic mass is 16.6. The molecule has 3 rings (SSSR count). The quantitative estimate of drug-likeness (QED) is 0.396. The van der Waals surface area contributed by atoms with Gasteiger partial charge in [0.25, 0.3) is 5.69 Å². The molecule has 2 aromatic heterocycles. The zero-order chi connectivity index (χ0) is 14.7. The van der Waals surface area contributed by atoms with Crippen molar-refractivity contribution in [1.29, 1.82) is 0 Å². The van der Waals surface area contributed by atoms with Gasteiger partial charge in [-0.2, -0.15) is 0 Å². The molecule has 0 saturated heterocycles. The van der Waals surface area contributed by atoms with Crippen LogP contribution in [0.15, 0.2) is 49.2 Å². The van der Waals surface area contributed by atoms with Crippen LogP contribution in [0.5, 0.6) is 0 Å². The highest BCUT2D eigenvalue weighted by Crippen LogP contribution is 2.22. The molecule has 0 amide bonds. The monoisotopic (exact) mass is 284 g/mol. The van der Waals surface area contributed by atoms with Crippen molar-refractivity contribution in [2.45, 2.75) is 25.9 Å². The van der Waals surface area contributed by atoms with Gasteiger partial charge in [-0.1, -0.05) is 0 Å². The molecule has 0 spiro atoms. The van der Waals surface area contributed by atoms with Crippen LogP contribution in [0.3, 0.4) is 0 Å². The first-order chi connectivity index (χ1) is 10.2. The van der Waals surface area contributed by atoms with Crippen molar-refractivity contribution < 1.29 is 4.92 Å². The summed E-state index contributed by atoms with van der Waals surface area (Å²) in [6.45, 7) is 1.80. The van der Waals surface area contributed by atoms with Gasteiger partial charge in [-0.25, -0.2) is 4.98 Å². The molecule has 0 N–H and O–H groups in total. The third kappa shape index (κ3) is 2.94. The van der Waals surface area contributed by atoms with Gasteiger partial charge in [0.15, 0.2) is 0 Å². The number of imidazole rings is 1. The van der Waals surface area contributed by atoms with E-state index in [-0.39, 0.29) is 10.6 Å². The van der Waals surface area contributed by atoms with Crippen LogP contribution in [0.2, 0.25) is 0 Å². The van der Waals surface area contributed by atoms with E-state index in [1.54, 1.807) is 24.4 Å². The van der Waals surface area contributed by atoms with Gasteiger partial charge >= 0.3 is 0 Å². The van der Waals surface area contributed by atoms with E-state index in [0.717, 1.165) is 36.8 Å². The molecule has 108 valence electrons. The molecule has 6 heteroatoms. The molecule has 0 fully saturated rings. The largest absolute Gasteiger partial charge is 0.347 e. The molecular weight excluding hydrogens is 268 g/mol. The van der Waals surface area contributed by atoms with Gasteiger partial charge in [-0.05, 0) is 25.0 Å².